The molecule has 0 bridgehead atoms. The molecule has 1 unspecified atom stereocenters. The quantitative estimate of drug-likeness (QED) is 0.640. The van der Waals surface area contributed by atoms with Gasteiger partial charge in [0, 0.05) is 24.7 Å². The van der Waals surface area contributed by atoms with Crippen molar-refractivity contribution in [2.24, 2.45) is 0 Å². The second-order valence-electron chi connectivity index (χ2n) is 5.18. The highest BCUT2D eigenvalue weighted by molar-refractivity contribution is 5.36. The third-order valence-electron chi connectivity index (χ3n) is 3.53. The van der Waals surface area contributed by atoms with Crippen molar-refractivity contribution in [3.63, 3.8) is 0 Å². The Kier molecular flexibility index (Phi) is 5.06. The van der Waals surface area contributed by atoms with E-state index in [4.69, 9.17) is 0 Å². The van der Waals surface area contributed by atoms with Crippen LogP contribution in [-0.2, 0) is 6.54 Å². The number of nitrogens with zero attached hydrogens (tertiary/aromatic N) is 1. The second kappa shape index (κ2) is 6.99. The third-order valence-corrected chi connectivity index (χ3v) is 3.53. The lowest BCUT2D eigenvalue weighted by Crippen LogP contribution is -2.20. The largest absolute Gasteiger partial charge is 0.306 e. The number of nitro benzene ring substituents is 1. The van der Waals surface area contributed by atoms with Crippen LogP contribution in [0.2, 0.25) is 0 Å². The molecule has 0 radical (unpaired) electrons. The van der Waals surface area contributed by atoms with Gasteiger partial charge in [-0.25, -0.2) is 0 Å². The molecule has 0 saturated carbocycles. The summed E-state index contributed by atoms with van der Waals surface area (Å²) in [6, 6.07) is 15.3. The van der Waals surface area contributed by atoms with E-state index in [-0.39, 0.29) is 16.7 Å². The number of nitro groups is 1. The van der Waals surface area contributed by atoms with Crippen LogP contribution in [0.15, 0.2) is 48.5 Å². The molecule has 2 rings (SSSR count). The van der Waals surface area contributed by atoms with Gasteiger partial charge in [0.05, 0.1) is 4.92 Å². The molecule has 2 aromatic rings. The minimum Gasteiger partial charge on any atom is -0.306 e. The highest BCUT2D eigenvalue weighted by atomic mass is 16.6. The summed E-state index contributed by atoms with van der Waals surface area (Å²) in [6.07, 6.45) is 0.882. The predicted molar refractivity (Wildman–Crippen MR) is 84.1 cm³/mol. The molecule has 1 N–H and O–H groups in total. The number of rotatable bonds is 6. The topological polar surface area (TPSA) is 55.2 Å². The second-order valence-corrected chi connectivity index (χ2v) is 5.18. The van der Waals surface area contributed by atoms with Crippen molar-refractivity contribution in [2.45, 2.75) is 32.9 Å². The normalized spacial score (nSPS) is 12.1. The van der Waals surface area contributed by atoms with Gasteiger partial charge in [0.25, 0.3) is 5.69 Å². The summed E-state index contributed by atoms with van der Waals surface area (Å²) in [5, 5.41) is 14.3. The van der Waals surface area contributed by atoms with Crippen molar-refractivity contribution in [1.82, 2.24) is 5.32 Å². The number of benzene rings is 2. The first-order valence-electron chi connectivity index (χ1n) is 7.13. The monoisotopic (exact) mass is 284 g/mol. The van der Waals surface area contributed by atoms with Crippen molar-refractivity contribution < 1.29 is 4.92 Å². The molecule has 2 aromatic carbocycles. The maximum Gasteiger partial charge on any atom is 0.269 e. The van der Waals surface area contributed by atoms with Gasteiger partial charge in [-0.15, -0.1) is 0 Å². The van der Waals surface area contributed by atoms with Crippen LogP contribution in [0.5, 0.6) is 0 Å². The van der Waals surface area contributed by atoms with Gasteiger partial charge in [0.1, 0.15) is 0 Å². The average molecular weight is 284 g/mol. The summed E-state index contributed by atoms with van der Waals surface area (Å²) >= 11 is 0. The van der Waals surface area contributed by atoms with Crippen molar-refractivity contribution in [3.05, 3.63) is 75.3 Å². The summed E-state index contributed by atoms with van der Waals surface area (Å²) in [4.78, 5) is 10.5. The Morgan fingerprint density at radius 2 is 1.95 bits per heavy atom. The highest BCUT2D eigenvalue weighted by Gasteiger charge is 2.13. The van der Waals surface area contributed by atoms with E-state index in [0.717, 1.165) is 18.5 Å². The Balaban J connectivity index is 2.09. The van der Waals surface area contributed by atoms with Crippen LogP contribution in [0.25, 0.3) is 0 Å². The fourth-order valence-electron chi connectivity index (χ4n) is 2.42. The number of aryl methyl sites for hydroxylation is 1. The lowest BCUT2D eigenvalue weighted by Gasteiger charge is -2.17. The van der Waals surface area contributed by atoms with E-state index in [1.807, 2.05) is 12.1 Å². The first kappa shape index (κ1) is 15.2. The van der Waals surface area contributed by atoms with E-state index in [9.17, 15) is 10.1 Å². The number of nitrogens with one attached hydrogen (secondary N) is 1. The van der Waals surface area contributed by atoms with Gasteiger partial charge in [-0.1, -0.05) is 48.9 Å². The van der Waals surface area contributed by atoms with Gasteiger partial charge in [-0.05, 0) is 24.5 Å². The van der Waals surface area contributed by atoms with E-state index < -0.39 is 0 Å². The molecule has 0 fully saturated rings. The van der Waals surface area contributed by atoms with Crippen molar-refractivity contribution in [1.29, 1.82) is 0 Å². The standard InChI is InChI=1S/C17H20N2O2/c1-3-17(15-8-5-9-16(11-15)19(20)21)18-12-14-7-4-6-13(2)10-14/h4-11,17-18H,3,12H2,1-2H3. The van der Waals surface area contributed by atoms with Gasteiger partial charge >= 0.3 is 0 Å². The fourth-order valence-corrected chi connectivity index (χ4v) is 2.42. The summed E-state index contributed by atoms with van der Waals surface area (Å²) in [6.45, 7) is 4.90. The van der Waals surface area contributed by atoms with Crippen LogP contribution >= 0.6 is 0 Å². The van der Waals surface area contributed by atoms with E-state index >= 15 is 0 Å². The molecule has 0 aliphatic rings. The van der Waals surface area contributed by atoms with Crippen molar-refractivity contribution in [2.75, 3.05) is 0 Å². The zero-order chi connectivity index (χ0) is 15.2. The van der Waals surface area contributed by atoms with Gasteiger partial charge in [-0.3, -0.25) is 10.1 Å². The van der Waals surface area contributed by atoms with Crippen molar-refractivity contribution >= 4 is 5.69 Å². The zero-order valence-electron chi connectivity index (χ0n) is 12.4. The Bertz CT molecular complexity index is 626. The lowest BCUT2D eigenvalue weighted by atomic mass is 10.0. The highest BCUT2D eigenvalue weighted by Crippen LogP contribution is 2.22. The molecule has 4 nitrogen and oxygen atoms in total. The molecular weight excluding hydrogens is 264 g/mol. The van der Waals surface area contributed by atoms with Crippen LogP contribution in [0.3, 0.4) is 0 Å². The van der Waals surface area contributed by atoms with Gasteiger partial charge in [0.15, 0.2) is 0 Å². The first-order chi connectivity index (χ1) is 10.1. The fraction of sp³-hybridized carbons (Fsp3) is 0.294. The van der Waals surface area contributed by atoms with Crippen LogP contribution in [0.1, 0.15) is 36.1 Å². The number of hydrogen-bond acceptors (Lipinski definition) is 3. The number of hydrogen-bond donors (Lipinski definition) is 1. The van der Waals surface area contributed by atoms with E-state index in [2.05, 4.69) is 37.4 Å². The minimum atomic E-state index is -0.350. The summed E-state index contributed by atoms with van der Waals surface area (Å²) < 4.78 is 0. The maximum atomic E-state index is 10.9. The lowest BCUT2D eigenvalue weighted by molar-refractivity contribution is -0.384. The molecule has 1 atom stereocenters. The smallest absolute Gasteiger partial charge is 0.269 e. The average Bonchev–Trinajstić information content (AvgIpc) is 2.48. The molecule has 0 aliphatic carbocycles. The van der Waals surface area contributed by atoms with Gasteiger partial charge in [-0.2, -0.15) is 0 Å². The zero-order valence-corrected chi connectivity index (χ0v) is 12.4. The Morgan fingerprint density at radius 3 is 2.62 bits per heavy atom. The van der Waals surface area contributed by atoms with E-state index in [0.29, 0.717) is 0 Å². The Hall–Kier alpha value is -2.20. The van der Waals surface area contributed by atoms with Crippen molar-refractivity contribution in [3.8, 4) is 0 Å². The van der Waals surface area contributed by atoms with Crippen LogP contribution in [0, 0.1) is 17.0 Å². The summed E-state index contributed by atoms with van der Waals surface area (Å²) in [7, 11) is 0. The molecule has 0 aromatic heterocycles. The molecule has 0 spiro atoms. The molecule has 0 heterocycles. The number of non-ortho nitro benzene ring substituents is 1. The molecule has 0 aliphatic heterocycles. The maximum absolute atomic E-state index is 10.9. The minimum absolute atomic E-state index is 0.116. The first-order valence-corrected chi connectivity index (χ1v) is 7.13. The van der Waals surface area contributed by atoms with E-state index in [1.54, 1.807) is 12.1 Å². The van der Waals surface area contributed by atoms with Crippen LogP contribution in [0.4, 0.5) is 5.69 Å². The summed E-state index contributed by atoms with van der Waals surface area (Å²) in [5.41, 5.74) is 3.55. The van der Waals surface area contributed by atoms with E-state index in [1.165, 1.54) is 17.2 Å². The van der Waals surface area contributed by atoms with Gasteiger partial charge in [0.2, 0.25) is 0 Å². The molecule has 0 saturated heterocycles. The van der Waals surface area contributed by atoms with Gasteiger partial charge < -0.3 is 5.32 Å². The molecule has 21 heavy (non-hydrogen) atoms. The Labute approximate surface area is 125 Å². The third kappa shape index (κ3) is 4.13. The molecule has 4 heteroatoms. The molecular formula is C17H20N2O2. The summed E-state index contributed by atoms with van der Waals surface area (Å²) in [5.74, 6) is 0. The predicted octanol–water partition coefficient (Wildman–Crippen LogP) is 4.14. The molecule has 0 amide bonds. The Morgan fingerprint density at radius 1 is 1.19 bits per heavy atom. The van der Waals surface area contributed by atoms with Crippen LogP contribution in [-0.4, -0.2) is 4.92 Å². The molecule has 110 valence electrons. The SMILES string of the molecule is CCC(NCc1cccc(C)c1)c1cccc([N+](=O)[O-])c1. The van der Waals surface area contributed by atoms with Crippen LogP contribution < -0.4 is 5.32 Å².